The summed E-state index contributed by atoms with van der Waals surface area (Å²) in [5.41, 5.74) is 7.45. The molecule has 3 amide bonds. The molecule has 4 N–H and O–H groups in total. The quantitative estimate of drug-likeness (QED) is 0.231. The van der Waals surface area contributed by atoms with Crippen LogP contribution in [-0.2, 0) is 10.2 Å². The number of hydrazine groups is 1. The summed E-state index contributed by atoms with van der Waals surface area (Å²) in [6, 6.07) is 17.3. The van der Waals surface area contributed by atoms with E-state index in [1.807, 2.05) is 12.1 Å². The maximum atomic E-state index is 12.5. The molecule has 0 bridgehead atoms. The minimum absolute atomic E-state index is 0.00623. The second kappa shape index (κ2) is 11.5. The van der Waals surface area contributed by atoms with Gasteiger partial charge in [-0.1, -0.05) is 32.9 Å². The number of furan rings is 1. The van der Waals surface area contributed by atoms with Crippen LogP contribution in [0.15, 0.2) is 71.2 Å². The van der Waals surface area contributed by atoms with Gasteiger partial charge in [0.25, 0.3) is 11.8 Å². The summed E-state index contributed by atoms with van der Waals surface area (Å²) in [4.78, 5) is 36.8. The van der Waals surface area contributed by atoms with E-state index in [1.54, 1.807) is 55.5 Å². The van der Waals surface area contributed by atoms with Crippen molar-refractivity contribution in [3.8, 4) is 0 Å². The highest BCUT2D eigenvalue weighted by molar-refractivity contribution is 7.80. The lowest BCUT2D eigenvalue weighted by Crippen LogP contribution is -2.48. The van der Waals surface area contributed by atoms with Gasteiger partial charge in [0.1, 0.15) is 11.5 Å². The molecule has 36 heavy (non-hydrogen) atoms. The summed E-state index contributed by atoms with van der Waals surface area (Å²) < 4.78 is 5.34. The average Bonchev–Trinajstić information content (AvgIpc) is 3.26. The number of rotatable bonds is 5. The van der Waals surface area contributed by atoms with Crippen molar-refractivity contribution >= 4 is 46.8 Å². The molecule has 0 atom stereocenters. The molecular formula is C27H28N4O4S. The Bertz CT molecular complexity index is 1290. The Morgan fingerprint density at radius 1 is 0.833 bits per heavy atom. The van der Waals surface area contributed by atoms with Gasteiger partial charge in [0.2, 0.25) is 5.91 Å². The van der Waals surface area contributed by atoms with E-state index in [1.165, 1.54) is 12.2 Å². The fourth-order valence-corrected chi connectivity index (χ4v) is 3.25. The summed E-state index contributed by atoms with van der Waals surface area (Å²) in [7, 11) is 0. The van der Waals surface area contributed by atoms with Gasteiger partial charge in [0.15, 0.2) is 5.11 Å². The van der Waals surface area contributed by atoms with Crippen molar-refractivity contribution in [1.82, 2.24) is 16.2 Å². The molecule has 0 spiro atoms. The number of hydrogen-bond acceptors (Lipinski definition) is 5. The van der Waals surface area contributed by atoms with Gasteiger partial charge in [0.05, 0.1) is 0 Å². The van der Waals surface area contributed by atoms with Crippen LogP contribution in [0.4, 0.5) is 5.69 Å². The van der Waals surface area contributed by atoms with Gasteiger partial charge in [0, 0.05) is 22.9 Å². The first-order valence-corrected chi connectivity index (χ1v) is 11.6. The predicted octanol–water partition coefficient (Wildman–Crippen LogP) is 4.49. The van der Waals surface area contributed by atoms with Crippen LogP contribution in [0, 0.1) is 6.92 Å². The van der Waals surface area contributed by atoms with Crippen molar-refractivity contribution < 1.29 is 18.8 Å². The van der Waals surface area contributed by atoms with E-state index in [9.17, 15) is 14.4 Å². The van der Waals surface area contributed by atoms with Crippen molar-refractivity contribution in [1.29, 1.82) is 0 Å². The number of aryl methyl sites for hydroxylation is 1. The maximum Gasteiger partial charge on any atom is 0.269 e. The van der Waals surface area contributed by atoms with Crippen molar-refractivity contribution in [2.24, 2.45) is 0 Å². The molecule has 3 aromatic rings. The lowest BCUT2D eigenvalue weighted by atomic mass is 9.87. The fraction of sp³-hybridized carbons (Fsp3) is 0.185. The Balaban J connectivity index is 1.46. The van der Waals surface area contributed by atoms with Gasteiger partial charge < -0.3 is 9.73 Å². The number of carbonyl (C=O) groups is 3. The Morgan fingerprint density at radius 3 is 2.03 bits per heavy atom. The number of nitrogens with one attached hydrogen (secondary N) is 4. The molecule has 0 unspecified atom stereocenters. The van der Waals surface area contributed by atoms with E-state index in [2.05, 4.69) is 42.3 Å². The monoisotopic (exact) mass is 504 g/mol. The molecular weight excluding hydrogens is 476 g/mol. The van der Waals surface area contributed by atoms with Crippen molar-refractivity contribution in [2.75, 3.05) is 5.32 Å². The lowest BCUT2D eigenvalue weighted by Gasteiger charge is -2.19. The van der Waals surface area contributed by atoms with Gasteiger partial charge in [-0.25, -0.2) is 0 Å². The molecule has 3 rings (SSSR count). The normalized spacial score (nSPS) is 11.1. The fourth-order valence-electron chi connectivity index (χ4n) is 3.10. The Labute approximate surface area is 215 Å². The molecule has 8 nitrogen and oxygen atoms in total. The van der Waals surface area contributed by atoms with E-state index in [0.717, 1.165) is 11.3 Å². The molecule has 0 saturated heterocycles. The van der Waals surface area contributed by atoms with E-state index in [0.29, 0.717) is 22.6 Å². The van der Waals surface area contributed by atoms with Crippen molar-refractivity contribution in [3.05, 3.63) is 95.0 Å². The number of carbonyl (C=O) groups excluding carboxylic acids is 3. The zero-order chi connectivity index (χ0) is 26.3. The zero-order valence-electron chi connectivity index (χ0n) is 20.5. The minimum Gasteiger partial charge on any atom is -0.462 e. The van der Waals surface area contributed by atoms with Crippen LogP contribution < -0.4 is 21.5 Å². The summed E-state index contributed by atoms with van der Waals surface area (Å²) in [6.45, 7) is 8.14. The highest BCUT2D eigenvalue weighted by atomic mass is 32.1. The summed E-state index contributed by atoms with van der Waals surface area (Å²) >= 11 is 5.01. The third-order valence-electron chi connectivity index (χ3n) is 5.10. The molecule has 0 aliphatic heterocycles. The van der Waals surface area contributed by atoms with E-state index in [-0.39, 0.29) is 16.4 Å². The molecule has 0 saturated carbocycles. The van der Waals surface area contributed by atoms with Gasteiger partial charge in [-0.15, -0.1) is 0 Å². The van der Waals surface area contributed by atoms with E-state index < -0.39 is 11.8 Å². The van der Waals surface area contributed by atoms with Crippen LogP contribution in [0.25, 0.3) is 6.08 Å². The third-order valence-corrected chi connectivity index (χ3v) is 5.31. The zero-order valence-corrected chi connectivity index (χ0v) is 21.3. The number of thiocarbonyl (C=S) groups is 1. The van der Waals surface area contributed by atoms with E-state index in [4.69, 9.17) is 16.6 Å². The number of hydrogen-bond donors (Lipinski definition) is 4. The smallest absolute Gasteiger partial charge is 0.269 e. The van der Waals surface area contributed by atoms with E-state index >= 15 is 0 Å². The third kappa shape index (κ3) is 7.64. The van der Waals surface area contributed by atoms with Crippen LogP contribution in [-0.4, -0.2) is 22.8 Å². The first kappa shape index (κ1) is 26.4. The molecule has 1 aromatic heterocycles. The average molecular weight is 505 g/mol. The number of anilines is 1. The van der Waals surface area contributed by atoms with Gasteiger partial charge in [-0.3, -0.25) is 30.6 Å². The van der Waals surface area contributed by atoms with Crippen LogP contribution in [0.2, 0.25) is 0 Å². The standard InChI is InChI=1S/C27H28N4O4S/c1-17-5-14-22(35-17)15-16-23(32)29-26(36)31-30-25(34)19-8-12-21(13-9-19)28-24(33)18-6-10-20(11-7-18)27(2,3)4/h5-16H,1-4H3,(H,28,33)(H,30,34)(H2,29,31,32,36). The molecule has 2 aromatic carbocycles. The van der Waals surface area contributed by atoms with Gasteiger partial charge in [-0.05, 0) is 84.7 Å². The minimum atomic E-state index is -0.482. The van der Waals surface area contributed by atoms with Gasteiger partial charge >= 0.3 is 0 Å². The number of amides is 3. The van der Waals surface area contributed by atoms with Crippen LogP contribution >= 0.6 is 12.2 Å². The predicted molar refractivity (Wildman–Crippen MR) is 143 cm³/mol. The Hall–Kier alpha value is -4.24. The van der Waals surface area contributed by atoms with Crippen LogP contribution in [0.3, 0.4) is 0 Å². The summed E-state index contributed by atoms with van der Waals surface area (Å²) in [5, 5.41) is 5.15. The molecule has 0 fully saturated rings. The maximum absolute atomic E-state index is 12.5. The highest BCUT2D eigenvalue weighted by Gasteiger charge is 2.14. The first-order valence-electron chi connectivity index (χ1n) is 11.2. The molecule has 186 valence electrons. The second-order valence-corrected chi connectivity index (χ2v) is 9.45. The Kier molecular flexibility index (Phi) is 8.39. The lowest BCUT2D eigenvalue weighted by molar-refractivity contribution is -0.115. The molecule has 1 heterocycles. The molecule has 0 radical (unpaired) electrons. The highest BCUT2D eigenvalue weighted by Crippen LogP contribution is 2.22. The molecule has 0 aliphatic rings. The molecule has 0 aliphatic carbocycles. The first-order chi connectivity index (χ1) is 17.0. The molecule has 9 heteroatoms. The largest absolute Gasteiger partial charge is 0.462 e. The summed E-state index contributed by atoms with van der Waals surface area (Å²) in [6.07, 6.45) is 2.77. The summed E-state index contributed by atoms with van der Waals surface area (Å²) in [5.74, 6) is 0.0728. The van der Waals surface area contributed by atoms with Crippen molar-refractivity contribution in [3.63, 3.8) is 0 Å². The SMILES string of the molecule is Cc1ccc(C=CC(=O)NC(=S)NNC(=O)c2ccc(NC(=O)c3ccc(C(C)(C)C)cc3)cc2)o1. The Morgan fingerprint density at radius 2 is 1.44 bits per heavy atom. The van der Waals surface area contributed by atoms with Crippen LogP contribution in [0.1, 0.15) is 58.6 Å². The topological polar surface area (TPSA) is 112 Å². The van der Waals surface area contributed by atoms with Gasteiger partial charge in [-0.2, -0.15) is 0 Å². The van der Waals surface area contributed by atoms with Crippen LogP contribution in [0.5, 0.6) is 0 Å². The second-order valence-electron chi connectivity index (χ2n) is 9.04. The van der Waals surface area contributed by atoms with Crippen molar-refractivity contribution in [2.45, 2.75) is 33.1 Å². The number of benzene rings is 2.